The summed E-state index contributed by atoms with van der Waals surface area (Å²) >= 11 is 4.98. The number of thioether (sulfide) groups is 1. The number of Topliss-reactive ketones (excluding diaryl/α,β-unsaturated/α-hetero) is 1. The van der Waals surface area contributed by atoms with Crippen LogP contribution in [0.25, 0.3) is 10.2 Å². The topological polar surface area (TPSA) is 92.2 Å². The number of methoxy groups -OCH3 is 1. The predicted molar refractivity (Wildman–Crippen MR) is 154 cm³/mol. The number of rotatable bonds is 6. The number of hydrogen-bond donors (Lipinski definition) is 1. The van der Waals surface area contributed by atoms with Gasteiger partial charge < -0.3 is 10.5 Å². The van der Waals surface area contributed by atoms with Crippen LogP contribution in [0.5, 0.6) is 5.75 Å². The third-order valence-electron chi connectivity index (χ3n) is 6.84. The van der Waals surface area contributed by atoms with Crippen LogP contribution in [0.3, 0.4) is 0 Å². The van der Waals surface area contributed by atoms with Gasteiger partial charge in [-0.1, -0.05) is 23.9 Å². The first kappa shape index (κ1) is 24.7. The van der Waals surface area contributed by atoms with Crippen molar-refractivity contribution in [2.24, 2.45) is 5.73 Å². The number of ether oxygens (including phenoxy) is 1. The third-order valence-corrected chi connectivity index (χ3v) is 10.1. The fraction of sp³-hybridized carbons (Fsp3) is 0.207. The predicted octanol–water partition coefficient (Wildman–Crippen LogP) is 6.96. The molecule has 3 heterocycles. The first-order valence-corrected chi connectivity index (χ1v) is 14.9. The van der Waals surface area contributed by atoms with Gasteiger partial charge in [0.25, 0.3) is 0 Å². The molecule has 0 saturated carbocycles. The summed E-state index contributed by atoms with van der Waals surface area (Å²) in [5, 5.41) is 12.4. The number of anilines is 1. The SMILES string of the molecule is COc1ccc(N2C(N)=C(C#N)[C@@H](c3cc(CSc4nc5ccccc5s4)cs3)C3=C2CCCC3=O)cc1. The number of carbonyl (C=O) groups excluding carboxylic acids is 1. The van der Waals surface area contributed by atoms with Crippen molar-refractivity contribution in [3.63, 3.8) is 0 Å². The molecular formula is C29H24N4O2S3. The molecule has 0 spiro atoms. The summed E-state index contributed by atoms with van der Waals surface area (Å²) in [4.78, 5) is 21.0. The van der Waals surface area contributed by atoms with E-state index in [4.69, 9.17) is 15.5 Å². The van der Waals surface area contributed by atoms with Crippen LogP contribution >= 0.6 is 34.4 Å². The lowest BCUT2D eigenvalue weighted by molar-refractivity contribution is -0.116. The quantitative estimate of drug-likeness (QED) is 0.257. The summed E-state index contributed by atoms with van der Waals surface area (Å²) in [6, 6.07) is 20.2. The van der Waals surface area contributed by atoms with Crippen LogP contribution in [0.2, 0.25) is 0 Å². The van der Waals surface area contributed by atoms with E-state index in [-0.39, 0.29) is 5.78 Å². The maximum absolute atomic E-state index is 13.4. The van der Waals surface area contributed by atoms with Crippen LogP contribution in [0.4, 0.5) is 5.69 Å². The van der Waals surface area contributed by atoms with Crippen molar-refractivity contribution >= 4 is 56.1 Å². The Bertz CT molecular complexity index is 1610. The highest BCUT2D eigenvalue weighted by Gasteiger charge is 2.40. The zero-order chi connectivity index (χ0) is 26.2. The monoisotopic (exact) mass is 556 g/mol. The summed E-state index contributed by atoms with van der Waals surface area (Å²) in [6.45, 7) is 0. The zero-order valence-corrected chi connectivity index (χ0v) is 23.1. The summed E-state index contributed by atoms with van der Waals surface area (Å²) in [7, 11) is 1.62. The van der Waals surface area contributed by atoms with Crippen molar-refractivity contribution in [1.82, 2.24) is 4.98 Å². The second-order valence-electron chi connectivity index (χ2n) is 9.11. The third kappa shape index (κ3) is 4.39. The average Bonchev–Trinajstić information content (AvgIpc) is 3.58. The fourth-order valence-electron chi connectivity index (χ4n) is 5.08. The Balaban J connectivity index is 1.34. The molecule has 0 saturated heterocycles. The van der Waals surface area contributed by atoms with E-state index >= 15 is 0 Å². The van der Waals surface area contributed by atoms with Gasteiger partial charge in [-0.05, 0) is 66.2 Å². The summed E-state index contributed by atoms with van der Waals surface area (Å²) in [5.74, 6) is 1.53. The molecule has 0 unspecified atom stereocenters. The first-order chi connectivity index (χ1) is 18.6. The van der Waals surface area contributed by atoms with Crippen LogP contribution in [0.1, 0.15) is 35.6 Å². The number of fused-ring (bicyclic) bond motifs is 1. The number of ketones is 1. The molecule has 2 N–H and O–H groups in total. The van der Waals surface area contributed by atoms with Gasteiger partial charge in [-0.25, -0.2) is 4.98 Å². The van der Waals surface area contributed by atoms with Gasteiger partial charge >= 0.3 is 0 Å². The minimum atomic E-state index is -0.441. The van der Waals surface area contributed by atoms with Crippen LogP contribution in [0.15, 0.2) is 87.0 Å². The lowest BCUT2D eigenvalue weighted by Crippen LogP contribution is -2.38. The number of para-hydroxylation sites is 1. The second-order valence-corrected chi connectivity index (χ2v) is 12.3. The van der Waals surface area contributed by atoms with Gasteiger partial charge in [-0.15, -0.1) is 22.7 Å². The molecule has 190 valence electrons. The minimum Gasteiger partial charge on any atom is -0.497 e. The zero-order valence-electron chi connectivity index (χ0n) is 20.6. The van der Waals surface area contributed by atoms with Gasteiger partial charge in [0.2, 0.25) is 0 Å². The van der Waals surface area contributed by atoms with Crippen LogP contribution in [-0.2, 0) is 10.5 Å². The largest absolute Gasteiger partial charge is 0.497 e. The van der Waals surface area contributed by atoms with Crippen LogP contribution < -0.4 is 15.4 Å². The van der Waals surface area contributed by atoms with E-state index in [9.17, 15) is 10.1 Å². The average molecular weight is 557 g/mol. The van der Waals surface area contributed by atoms with Gasteiger partial charge in [0.15, 0.2) is 10.1 Å². The lowest BCUT2D eigenvalue weighted by atomic mass is 9.78. The van der Waals surface area contributed by atoms with Gasteiger partial charge in [-0.3, -0.25) is 9.69 Å². The van der Waals surface area contributed by atoms with Gasteiger partial charge in [0, 0.05) is 34.0 Å². The number of nitrogens with two attached hydrogens (primary N) is 1. The number of thiophene rings is 1. The van der Waals surface area contributed by atoms with E-state index in [1.54, 1.807) is 41.5 Å². The second kappa shape index (κ2) is 10.3. The number of aromatic nitrogens is 1. The highest BCUT2D eigenvalue weighted by atomic mass is 32.2. The fourth-order valence-corrected chi connectivity index (χ4v) is 8.21. The number of allylic oxidation sites excluding steroid dienone is 3. The highest BCUT2D eigenvalue weighted by Crippen LogP contribution is 2.48. The molecule has 1 atom stereocenters. The molecule has 4 aromatic rings. The standard InChI is InChI=1S/C29H24N4O2S3/c1-35-19-11-9-18(10-12-19)33-22-6-4-7-23(34)27(22)26(20(14-30)28(33)31)25-13-17(15-36-25)16-37-29-32-21-5-2-3-8-24(21)38-29/h2-3,5,8-13,15,26H,4,6-7,16,31H2,1H3/t26-/m0/s1. The van der Waals surface area contributed by atoms with E-state index in [2.05, 4.69) is 23.6 Å². The molecule has 0 radical (unpaired) electrons. The van der Waals surface area contributed by atoms with Gasteiger partial charge in [0.05, 0.1) is 34.9 Å². The molecule has 2 aromatic carbocycles. The summed E-state index contributed by atoms with van der Waals surface area (Å²) in [5.41, 5.74) is 11.7. The maximum Gasteiger partial charge on any atom is 0.161 e. The number of thiazole rings is 1. The first-order valence-electron chi connectivity index (χ1n) is 12.2. The number of benzene rings is 2. The molecule has 9 heteroatoms. The Labute approximate surface area is 233 Å². The Morgan fingerprint density at radius 3 is 2.79 bits per heavy atom. The number of hydrogen-bond acceptors (Lipinski definition) is 9. The van der Waals surface area contributed by atoms with Crippen molar-refractivity contribution in [2.75, 3.05) is 12.0 Å². The lowest BCUT2D eigenvalue weighted by Gasteiger charge is -2.39. The van der Waals surface area contributed by atoms with Crippen LogP contribution in [-0.4, -0.2) is 17.9 Å². The number of nitriles is 1. The van der Waals surface area contributed by atoms with E-state index in [0.717, 1.165) is 56.0 Å². The van der Waals surface area contributed by atoms with E-state index in [1.165, 1.54) is 4.70 Å². The van der Waals surface area contributed by atoms with Crippen molar-refractivity contribution in [1.29, 1.82) is 5.26 Å². The van der Waals surface area contributed by atoms with Crippen molar-refractivity contribution < 1.29 is 9.53 Å². The Morgan fingerprint density at radius 1 is 1.21 bits per heavy atom. The van der Waals surface area contributed by atoms with Crippen molar-refractivity contribution in [3.8, 4) is 11.8 Å². The number of carbonyl (C=O) groups is 1. The van der Waals surface area contributed by atoms with Crippen LogP contribution in [0, 0.1) is 11.3 Å². The number of nitrogens with zero attached hydrogens (tertiary/aromatic N) is 3. The highest BCUT2D eigenvalue weighted by molar-refractivity contribution is 8.00. The molecule has 2 aliphatic rings. The smallest absolute Gasteiger partial charge is 0.161 e. The van der Waals surface area contributed by atoms with Gasteiger partial charge in [-0.2, -0.15) is 5.26 Å². The van der Waals surface area contributed by atoms with E-state index < -0.39 is 5.92 Å². The molecular weight excluding hydrogens is 533 g/mol. The molecule has 6 nitrogen and oxygen atoms in total. The Kier molecular flexibility index (Phi) is 6.70. The summed E-state index contributed by atoms with van der Waals surface area (Å²) < 4.78 is 7.51. The summed E-state index contributed by atoms with van der Waals surface area (Å²) in [6.07, 6.45) is 1.98. The molecule has 0 amide bonds. The Morgan fingerprint density at radius 2 is 2.03 bits per heavy atom. The molecule has 0 fully saturated rings. The normalized spacial score (nSPS) is 17.6. The Hall–Kier alpha value is -3.58. The van der Waals surface area contributed by atoms with Crippen molar-refractivity contribution in [2.45, 2.75) is 35.3 Å². The maximum atomic E-state index is 13.4. The molecule has 2 aromatic heterocycles. The molecule has 38 heavy (non-hydrogen) atoms. The molecule has 1 aliphatic heterocycles. The molecule has 0 bridgehead atoms. The van der Waals surface area contributed by atoms with Gasteiger partial charge in [0.1, 0.15) is 11.6 Å². The molecule has 1 aliphatic carbocycles. The van der Waals surface area contributed by atoms with E-state index in [0.29, 0.717) is 23.4 Å². The minimum absolute atomic E-state index is 0.0915. The van der Waals surface area contributed by atoms with Crippen molar-refractivity contribution in [3.05, 3.63) is 93.1 Å². The van der Waals surface area contributed by atoms with E-state index in [1.807, 2.05) is 47.4 Å². The molecule has 6 rings (SSSR count).